The highest BCUT2D eigenvalue weighted by molar-refractivity contribution is 7.10. The molecule has 1 saturated heterocycles. The lowest BCUT2D eigenvalue weighted by atomic mass is 10.1. The van der Waals surface area contributed by atoms with Crippen LogP contribution in [0.4, 0.5) is 0 Å². The summed E-state index contributed by atoms with van der Waals surface area (Å²) in [6.07, 6.45) is 8.10. The molecule has 2 heterocycles. The van der Waals surface area contributed by atoms with Crippen LogP contribution in [0.25, 0.3) is 0 Å². The summed E-state index contributed by atoms with van der Waals surface area (Å²) in [7, 11) is 0. The summed E-state index contributed by atoms with van der Waals surface area (Å²) in [6.45, 7) is 7.92. The maximum Gasteiger partial charge on any atom is 0.00743 e. The number of aryl methyl sites for hydroxylation is 2. The van der Waals surface area contributed by atoms with E-state index in [2.05, 4.69) is 37.5 Å². The van der Waals surface area contributed by atoms with Crippen LogP contribution in [-0.4, -0.2) is 12.6 Å². The zero-order chi connectivity index (χ0) is 12.5. The SMILES string of the molecule is CC1CCCN1.CCCCCc1sccc1C. The fraction of sp³-hybridized carbons (Fsp3) is 0.733. The minimum atomic E-state index is 0.796. The normalized spacial score (nSPS) is 18.9. The second kappa shape index (κ2) is 8.71. The van der Waals surface area contributed by atoms with Crippen LogP contribution in [0.3, 0.4) is 0 Å². The van der Waals surface area contributed by atoms with Crippen molar-refractivity contribution in [2.75, 3.05) is 6.54 Å². The van der Waals surface area contributed by atoms with E-state index in [4.69, 9.17) is 0 Å². The van der Waals surface area contributed by atoms with Gasteiger partial charge in [0.15, 0.2) is 0 Å². The lowest BCUT2D eigenvalue weighted by molar-refractivity contribution is 0.664. The maximum atomic E-state index is 3.32. The van der Waals surface area contributed by atoms with Gasteiger partial charge in [-0.2, -0.15) is 0 Å². The summed E-state index contributed by atoms with van der Waals surface area (Å²) in [5, 5.41) is 5.51. The van der Waals surface area contributed by atoms with Gasteiger partial charge in [-0.25, -0.2) is 0 Å². The zero-order valence-corrected chi connectivity index (χ0v) is 12.4. The van der Waals surface area contributed by atoms with E-state index < -0.39 is 0 Å². The Labute approximate surface area is 111 Å². The molecule has 1 unspecified atom stereocenters. The van der Waals surface area contributed by atoms with E-state index in [0.717, 1.165) is 6.04 Å². The molecule has 0 aliphatic carbocycles. The van der Waals surface area contributed by atoms with Gasteiger partial charge in [-0.1, -0.05) is 19.8 Å². The van der Waals surface area contributed by atoms with Crippen LogP contribution in [0, 0.1) is 6.92 Å². The predicted octanol–water partition coefficient (Wildman–Crippen LogP) is 4.55. The molecule has 1 N–H and O–H groups in total. The fourth-order valence-corrected chi connectivity index (χ4v) is 3.01. The average Bonchev–Trinajstić information content (AvgIpc) is 2.92. The van der Waals surface area contributed by atoms with E-state index in [1.54, 1.807) is 4.88 Å². The molecule has 17 heavy (non-hydrogen) atoms. The van der Waals surface area contributed by atoms with E-state index >= 15 is 0 Å². The summed E-state index contributed by atoms with van der Waals surface area (Å²) in [4.78, 5) is 1.58. The molecule has 1 aliphatic heterocycles. The monoisotopic (exact) mass is 253 g/mol. The van der Waals surface area contributed by atoms with E-state index in [9.17, 15) is 0 Å². The molecule has 0 radical (unpaired) electrons. The molecule has 0 saturated carbocycles. The fourth-order valence-electron chi connectivity index (χ4n) is 2.05. The van der Waals surface area contributed by atoms with Gasteiger partial charge >= 0.3 is 0 Å². The van der Waals surface area contributed by atoms with Crippen molar-refractivity contribution in [2.45, 2.75) is 65.3 Å². The molecule has 0 spiro atoms. The molecule has 1 atom stereocenters. The Kier molecular flexibility index (Phi) is 7.54. The largest absolute Gasteiger partial charge is 0.314 e. The van der Waals surface area contributed by atoms with Gasteiger partial charge in [0, 0.05) is 10.9 Å². The Morgan fingerprint density at radius 2 is 2.24 bits per heavy atom. The molecule has 1 nitrogen and oxygen atoms in total. The van der Waals surface area contributed by atoms with Crippen molar-refractivity contribution < 1.29 is 0 Å². The van der Waals surface area contributed by atoms with Gasteiger partial charge in [0.25, 0.3) is 0 Å². The van der Waals surface area contributed by atoms with Gasteiger partial charge in [-0.05, 0) is 63.1 Å². The van der Waals surface area contributed by atoms with Crippen molar-refractivity contribution in [1.29, 1.82) is 0 Å². The van der Waals surface area contributed by atoms with E-state index in [1.807, 2.05) is 11.3 Å². The molecule has 0 bridgehead atoms. The lowest BCUT2D eigenvalue weighted by Crippen LogP contribution is -2.16. The van der Waals surface area contributed by atoms with Gasteiger partial charge in [0.1, 0.15) is 0 Å². The van der Waals surface area contributed by atoms with Crippen LogP contribution in [-0.2, 0) is 6.42 Å². The third-order valence-corrected chi connectivity index (χ3v) is 4.37. The van der Waals surface area contributed by atoms with Gasteiger partial charge in [0.05, 0.1) is 0 Å². The van der Waals surface area contributed by atoms with Crippen molar-refractivity contribution in [3.8, 4) is 0 Å². The first kappa shape index (κ1) is 14.7. The first-order valence-corrected chi connectivity index (χ1v) is 7.88. The Morgan fingerprint density at radius 1 is 1.41 bits per heavy atom. The third kappa shape index (κ3) is 6.23. The van der Waals surface area contributed by atoms with Gasteiger partial charge in [-0.15, -0.1) is 11.3 Å². The smallest absolute Gasteiger partial charge is 0.00743 e. The van der Waals surface area contributed by atoms with Crippen molar-refractivity contribution in [3.05, 3.63) is 21.9 Å². The first-order chi connectivity index (χ1) is 8.24. The molecule has 0 amide bonds. The highest BCUT2D eigenvalue weighted by Gasteiger charge is 2.05. The molecule has 1 fully saturated rings. The maximum absolute atomic E-state index is 3.32. The average molecular weight is 253 g/mol. The molecule has 1 aromatic heterocycles. The number of rotatable bonds is 4. The number of unbranched alkanes of at least 4 members (excludes halogenated alkanes) is 2. The van der Waals surface area contributed by atoms with Crippen LogP contribution in [0.15, 0.2) is 11.4 Å². The van der Waals surface area contributed by atoms with Crippen molar-refractivity contribution in [1.82, 2.24) is 5.32 Å². The molecule has 1 aliphatic rings. The number of hydrogen-bond donors (Lipinski definition) is 1. The van der Waals surface area contributed by atoms with E-state index in [1.165, 1.54) is 50.6 Å². The minimum Gasteiger partial charge on any atom is -0.314 e. The van der Waals surface area contributed by atoms with Crippen molar-refractivity contribution in [3.63, 3.8) is 0 Å². The van der Waals surface area contributed by atoms with Crippen molar-refractivity contribution >= 4 is 11.3 Å². The van der Waals surface area contributed by atoms with Gasteiger partial charge < -0.3 is 5.32 Å². The standard InChI is InChI=1S/C10H16S.C5H11N/c1-3-4-5-6-10-9(2)7-8-11-10;1-5-3-2-4-6-5/h7-8H,3-6H2,1-2H3;5-6H,2-4H2,1H3. The summed E-state index contributed by atoms with van der Waals surface area (Å²) >= 11 is 1.90. The molecule has 2 heteroatoms. The Bertz CT molecular complexity index is 287. The number of nitrogens with one attached hydrogen (secondary N) is 1. The summed E-state index contributed by atoms with van der Waals surface area (Å²) in [5.74, 6) is 0. The molecule has 98 valence electrons. The van der Waals surface area contributed by atoms with E-state index in [0.29, 0.717) is 0 Å². The lowest BCUT2D eigenvalue weighted by Gasteiger charge is -1.97. The quantitative estimate of drug-likeness (QED) is 0.776. The Balaban J connectivity index is 0.000000202. The number of hydrogen-bond acceptors (Lipinski definition) is 2. The molecule has 2 rings (SSSR count). The molecular formula is C15H27NS. The summed E-state index contributed by atoms with van der Waals surface area (Å²) in [6, 6.07) is 3.01. The van der Waals surface area contributed by atoms with Crippen LogP contribution in [0.1, 0.15) is 56.4 Å². The second-order valence-corrected chi connectivity index (χ2v) is 5.98. The topological polar surface area (TPSA) is 12.0 Å². The molecule has 0 aromatic carbocycles. The van der Waals surface area contributed by atoms with Crippen LogP contribution in [0.2, 0.25) is 0 Å². The van der Waals surface area contributed by atoms with Gasteiger partial charge in [0.2, 0.25) is 0 Å². The highest BCUT2D eigenvalue weighted by Crippen LogP contribution is 2.18. The van der Waals surface area contributed by atoms with Crippen LogP contribution < -0.4 is 5.32 Å². The zero-order valence-electron chi connectivity index (χ0n) is 11.6. The van der Waals surface area contributed by atoms with E-state index in [-0.39, 0.29) is 0 Å². The van der Waals surface area contributed by atoms with Crippen LogP contribution in [0.5, 0.6) is 0 Å². The summed E-state index contributed by atoms with van der Waals surface area (Å²) in [5.41, 5.74) is 1.48. The molecule has 1 aromatic rings. The summed E-state index contributed by atoms with van der Waals surface area (Å²) < 4.78 is 0. The second-order valence-electron chi connectivity index (χ2n) is 4.98. The first-order valence-electron chi connectivity index (χ1n) is 7.00. The van der Waals surface area contributed by atoms with Crippen LogP contribution >= 0.6 is 11.3 Å². The van der Waals surface area contributed by atoms with Gasteiger partial charge in [-0.3, -0.25) is 0 Å². The Morgan fingerprint density at radius 3 is 2.65 bits per heavy atom. The number of thiophene rings is 1. The Hall–Kier alpha value is -0.340. The predicted molar refractivity (Wildman–Crippen MR) is 79.0 cm³/mol. The third-order valence-electron chi connectivity index (χ3n) is 3.28. The molecular weight excluding hydrogens is 226 g/mol. The highest BCUT2D eigenvalue weighted by atomic mass is 32.1. The van der Waals surface area contributed by atoms with Crippen molar-refractivity contribution in [2.24, 2.45) is 0 Å². The minimum absolute atomic E-state index is 0.796.